The standard InChI is InChI=1S/C24H26N2O4S/c1-25(21-10-5-11-22(16-21)30-2)24(27)20-9-6-14-26(17-20)31(28,29)23-13-12-18-7-3-4-8-19(18)15-23/h3-5,7-8,10-13,15-16,20H,6,9,14,17H2,1-2H3. The highest BCUT2D eigenvalue weighted by atomic mass is 32.2. The van der Waals surface area contributed by atoms with Crippen LogP contribution in [0.4, 0.5) is 5.69 Å². The monoisotopic (exact) mass is 438 g/mol. The number of hydrogen-bond acceptors (Lipinski definition) is 4. The van der Waals surface area contributed by atoms with E-state index in [1.807, 2.05) is 48.5 Å². The van der Waals surface area contributed by atoms with Gasteiger partial charge in [0.15, 0.2) is 0 Å². The van der Waals surface area contributed by atoms with Crippen molar-refractivity contribution in [1.82, 2.24) is 4.31 Å². The van der Waals surface area contributed by atoms with Crippen LogP contribution >= 0.6 is 0 Å². The number of piperidine rings is 1. The summed E-state index contributed by atoms with van der Waals surface area (Å²) in [7, 11) is -0.381. The number of amides is 1. The number of benzene rings is 3. The van der Waals surface area contributed by atoms with Crippen molar-refractivity contribution in [3.63, 3.8) is 0 Å². The Morgan fingerprint density at radius 2 is 1.81 bits per heavy atom. The molecule has 0 N–H and O–H groups in total. The molecular formula is C24H26N2O4S. The zero-order chi connectivity index (χ0) is 22.0. The van der Waals surface area contributed by atoms with Gasteiger partial charge in [0.1, 0.15) is 5.75 Å². The van der Waals surface area contributed by atoms with E-state index in [9.17, 15) is 13.2 Å². The molecule has 1 fully saturated rings. The highest BCUT2D eigenvalue weighted by molar-refractivity contribution is 7.89. The van der Waals surface area contributed by atoms with E-state index >= 15 is 0 Å². The van der Waals surface area contributed by atoms with E-state index in [2.05, 4.69) is 0 Å². The van der Waals surface area contributed by atoms with E-state index in [0.717, 1.165) is 16.5 Å². The second kappa shape index (κ2) is 8.69. The number of sulfonamides is 1. The van der Waals surface area contributed by atoms with Crippen LogP contribution in [-0.4, -0.2) is 45.9 Å². The smallest absolute Gasteiger partial charge is 0.243 e. The van der Waals surface area contributed by atoms with E-state index in [4.69, 9.17) is 4.74 Å². The minimum absolute atomic E-state index is 0.0911. The highest BCUT2D eigenvalue weighted by Crippen LogP contribution is 2.28. The summed E-state index contributed by atoms with van der Waals surface area (Å²) in [6, 6.07) is 20.1. The summed E-state index contributed by atoms with van der Waals surface area (Å²) in [6.07, 6.45) is 1.31. The molecule has 1 saturated heterocycles. The zero-order valence-corrected chi connectivity index (χ0v) is 18.5. The van der Waals surface area contributed by atoms with Crippen molar-refractivity contribution in [3.05, 3.63) is 66.7 Å². The van der Waals surface area contributed by atoms with Gasteiger partial charge in [-0.05, 0) is 47.9 Å². The van der Waals surface area contributed by atoms with Gasteiger partial charge >= 0.3 is 0 Å². The van der Waals surface area contributed by atoms with E-state index in [-0.39, 0.29) is 23.3 Å². The number of hydrogen-bond donors (Lipinski definition) is 0. The quantitative estimate of drug-likeness (QED) is 0.606. The highest BCUT2D eigenvalue weighted by Gasteiger charge is 2.34. The predicted molar refractivity (Wildman–Crippen MR) is 122 cm³/mol. The zero-order valence-electron chi connectivity index (χ0n) is 17.7. The molecule has 3 aromatic carbocycles. The Bertz CT molecular complexity index is 1210. The van der Waals surface area contributed by atoms with Gasteiger partial charge in [0, 0.05) is 31.9 Å². The molecule has 1 aliphatic heterocycles. The van der Waals surface area contributed by atoms with Crippen molar-refractivity contribution in [1.29, 1.82) is 0 Å². The molecule has 3 aromatic rings. The summed E-state index contributed by atoms with van der Waals surface area (Å²) >= 11 is 0. The third kappa shape index (κ3) is 4.29. The molecule has 0 radical (unpaired) electrons. The summed E-state index contributed by atoms with van der Waals surface area (Å²) in [4.78, 5) is 15.0. The minimum Gasteiger partial charge on any atom is -0.497 e. The van der Waals surface area contributed by atoms with Crippen molar-refractivity contribution in [2.24, 2.45) is 5.92 Å². The summed E-state index contributed by atoms with van der Waals surface area (Å²) in [5.41, 5.74) is 0.721. The molecule has 0 aliphatic carbocycles. The number of carbonyl (C=O) groups is 1. The maximum atomic E-state index is 13.3. The topological polar surface area (TPSA) is 66.9 Å². The first-order valence-electron chi connectivity index (χ1n) is 10.3. The summed E-state index contributed by atoms with van der Waals surface area (Å²) in [5, 5.41) is 1.87. The molecule has 1 atom stereocenters. The van der Waals surface area contributed by atoms with Gasteiger partial charge in [-0.25, -0.2) is 8.42 Å². The molecule has 1 aliphatic rings. The number of nitrogens with zero attached hydrogens (tertiary/aromatic N) is 2. The van der Waals surface area contributed by atoms with Gasteiger partial charge < -0.3 is 9.64 Å². The first-order chi connectivity index (χ1) is 14.9. The summed E-state index contributed by atoms with van der Waals surface area (Å²) in [5.74, 6) is 0.188. The van der Waals surface area contributed by atoms with Crippen molar-refractivity contribution < 1.29 is 17.9 Å². The van der Waals surface area contributed by atoms with Gasteiger partial charge in [-0.15, -0.1) is 0 Å². The van der Waals surface area contributed by atoms with Crippen LogP contribution in [0.1, 0.15) is 12.8 Å². The Morgan fingerprint density at radius 1 is 1.03 bits per heavy atom. The Kier molecular flexibility index (Phi) is 5.98. The first kappa shape index (κ1) is 21.3. The summed E-state index contributed by atoms with van der Waals surface area (Å²) < 4.78 is 33.3. The van der Waals surface area contributed by atoms with Crippen LogP contribution in [0.2, 0.25) is 0 Å². The molecule has 162 valence electrons. The van der Waals surface area contributed by atoms with Crippen molar-refractivity contribution in [2.45, 2.75) is 17.7 Å². The van der Waals surface area contributed by atoms with Gasteiger partial charge in [0.25, 0.3) is 0 Å². The summed E-state index contributed by atoms with van der Waals surface area (Å²) in [6.45, 7) is 0.601. The number of ether oxygens (including phenoxy) is 1. The molecule has 4 rings (SSSR count). The van der Waals surface area contributed by atoms with Gasteiger partial charge in [-0.3, -0.25) is 4.79 Å². The van der Waals surface area contributed by atoms with Crippen molar-refractivity contribution in [3.8, 4) is 5.75 Å². The van der Waals surface area contributed by atoms with Crippen LogP contribution in [0.5, 0.6) is 5.75 Å². The fourth-order valence-electron chi connectivity index (χ4n) is 4.06. The average Bonchev–Trinajstić information content (AvgIpc) is 2.82. The molecule has 0 aromatic heterocycles. The normalized spacial score (nSPS) is 17.4. The number of rotatable bonds is 5. The molecule has 1 unspecified atom stereocenters. The largest absolute Gasteiger partial charge is 0.497 e. The molecule has 31 heavy (non-hydrogen) atoms. The number of carbonyl (C=O) groups excluding carboxylic acids is 1. The van der Waals surface area contributed by atoms with Crippen LogP contribution in [0.25, 0.3) is 10.8 Å². The number of fused-ring (bicyclic) bond motifs is 1. The Hall–Kier alpha value is -2.90. The average molecular weight is 439 g/mol. The lowest BCUT2D eigenvalue weighted by Gasteiger charge is -2.33. The van der Waals surface area contributed by atoms with E-state index in [1.54, 1.807) is 37.3 Å². The molecule has 1 heterocycles. The molecule has 7 heteroatoms. The number of anilines is 1. The van der Waals surface area contributed by atoms with Gasteiger partial charge in [-0.2, -0.15) is 4.31 Å². The molecular weight excluding hydrogens is 412 g/mol. The third-order valence-electron chi connectivity index (χ3n) is 5.86. The Balaban J connectivity index is 1.54. The predicted octanol–water partition coefficient (Wildman–Crippen LogP) is 3.91. The molecule has 6 nitrogen and oxygen atoms in total. The third-order valence-corrected chi connectivity index (χ3v) is 7.72. The van der Waals surface area contributed by atoms with E-state index in [1.165, 1.54) is 4.31 Å². The Morgan fingerprint density at radius 3 is 2.58 bits per heavy atom. The second-order valence-electron chi connectivity index (χ2n) is 7.81. The van der Waals surface area contributed by atoms with Crippen LogP contribution in [0.15, 0.2) is 71.6 Å². The molecule has 1 amide bonds. The first-order valence-corrected chi connectivity index (χ1v) is 11.7. The SMILES string of the molecule is COc1cccc(N(C)C(=O)C2CCCN(S(=O)(=O)c3ccc4ccccc4c3)C2)c1. The van der Waals surface area contributed by atoms with Crippen LogP contribution < -0.4 is 9.64 Å². The minimum atomic E-state index is -3.68. The lowest BCUT2D eigenvalue weighted by molar-refractivity contribution is -0.123. The Labute approximate surface area is 183 Å². The molecule has 0 spiro atoms. The van der Waals surface area contributed by atoms with Crippen molar-refractivity contribution in [2.75, 3.05) is 32.1 Å². The maximum absolute atomic E-state index is 13.3. The molecule has 0 saturated carbocycles. The fourth-order valence-corrected chi connectivity index (χ4v) is 5.62. The molecule has 0 bridgehead atoms. The van der Waals surface area contributed by atoms with Gasteiger partial charge in [-0.1, -0.05) is 36.4 Å². The van der Waals surface area contributed by atoms with Gasteiger partial charge in [0.2, 0.25) is 15.9 Å². The van der Waals surface area contributed by atoms with E-state index in [0.29, 0.717) is 25.1 Å². The van der Waals surface area contributed by atoms with Crippen LogP contribution in [-0.2, 0) is 14.8 Å². The van der Waals surface area contributed by atoms with Gasteiger partial charge in [0.05, 0.1) is 17.9 Å². The second-order valence-corrected chi connectivity index (χ2v) is 9.75. The van der Waals surface area contributed by atoms with Crippen LogP contribution in [0, 0.1) is 5.92 Å². The van der Waals surface area contributed by atoms with Crippen molar-refractivity contribution >= 4 is 32.4 Å². The lowest BCUT2D eigenvalue weighted by Crippen LogP contribution is -2.45. The maximum Gasteiger partial charge on any atom is 0.243 e. The number of methoxy groups -OCH3 is 1. The fraction of sp³-hybridized carbons (Fsp3) is 0.292. The lowest BCUT2D eigenvalue weighted by atomic mass is 9.98. The van der Waals surface area contributed by atoms with E-state index < -0.39 is 10.0 Å². The van der Waals surface area contributed by atoms with Crippen LogP contribution in [0.3, 0.4) is 0 Å².